The van der Waals surface area contributed by atoms with Crippen LogP contribution in [0.25, 0.3) is 0 Å². The number of thiocarbonyl (C=S) groups is 1. The second-order valence-electron chi connectivity index (χ2n) is 5.32. The number of morpholine rings is 1. The van der Waals surface area contributed by atoms with Crippen LogP contribution in [0.1, 0.15) is 0 Å². The second-order valence-corrected chi connectivity index (χ2v) is 8.10. The van der Waals surface area contributed by atoms with Crippen LogP contribution < -0.4 is 20.7 Å². The average Bonchev–Trinajstić information content (AvgIpc) is 2.61. The highest BCUT2D eigenvalue weighted by molar-refractivity contribution is 7.80. The molecule has 2 amide bonds. The first-order valence-corrected chi connectivity index (χ1v) is 9.26. The number of nitrogens with zero attached hydrogens (tertiary/aromatic N) is 1. The van der Waals surface area contributed by atoms with E-state index in [1.54, 1.807) is 24.1 Å². The van der Waals surface area contributed by atoms with Crippen molar-refractivity contribution in [2.24, 2.45) is 0 Å². The number of ether oxygens (including phenoxy) is 2. The Morgan fingerprint density at radius 2 is 1.92 bits per heavy atom. The predicted molar refractivity (Wildman–Crippen MR) is 107 cm³/mol. The van der Waals surface area contributed by atoms with E-state index in [1.807, 2.05) is 12.1 Å². The second kappa shape index (κ2) is 9.66. The molecule has 1 aromatic rings. The van der Waals surface area contributed by atoms with Crippen LogP contribution in [0.2, 0.25) is 0 Å². The lowest BCUT2D eigenvalue weighted by molar-refractivity contribution is 0.0524. The van der Waals surface area contributed by atoms with Crippen molar-refractivity contribution in [1.82, 2.24) is 15.5 Å². The Morgan fingerprint density at radius 1 is 1.27 bits per heavy atom. The van der Waals surface area contributed by atoms with Gasteiger partial charge in [-0.1, -0.05) is 46.9 Å². The van der Waals surface area contributed by atoms with Gasteiger partial charge in [0.25, 0.3) is 0 Å². The first kappa shape index (κ1) is 21.1. The number of urea groups is 1. The fourth-order valence-electron chi connectivity index (χ4n) is 2.22. The monoisotopic (exact) mass is 440 g/mol. The van der Waals surface area contributed by atoms with Crippen LogP contribution in [0, 0.1) is 0 Å². The van der Waals surface area contributed by atoms with Gasteiger partial charge in [0.2, 0.25) is 3.79 Å². The van der Waals surface area contributed by atoms with Gasteiger partial charge in [0.15, 0.2) is 11.3 Å². The molecule has 0 spiro atoms. The summed E-state index contributed by atoms with van der Waals surface area (Å²) in [5, 5.41) is 8.56. The van der Waals surface area contributed by atoms with Crippen LogP contribution >= 0.6 is 47.0 Å². The Kier molecular flexibility index (Phi) is 7.85. The average molecular weight is 442 g/mol. The lowest BCUT2D eigenvalue weighted by Gasteiger charge is -2.32. The number of halogens is 3. The molecular weight excluding hydrogens is 423 g/mol. The number of methoxy groups -OCH3 is 1. The molecule has 144 valence electrons. The van der Waals surface area contributed by atoms with Crippen molar-refractivity contribution in [3.8, 4) is 5.75 Å². The maximum absolute atomic E-state index is 12.4. The summed E-state index contributed by atoms with van der Waals surface area (Å²) in [6.45, 7) is 1.85. The number of alkyl halides is 3. The Morgan fingerprint density at radius 3 is 2.54 bits per heavy atom. The van der Waals surface area contributed by atoms with E-state index in [4.69, 9.17) is 56.5 Å². The third kappa shape index (κ3) is 6.21. The molecule has 1 aliphatic rings. The van der Waals surface area contributed by atoms with Crippen molar-refractivity contribution in [2.45, 2.75) is 9.96 Å². The van der Waals surface area contributed by atoms with Crippen LogP contribution in [0.4, 0.5) is 10.5 Å². The summed E-state index contributed by atoms with van der Waals surface area (Å²) in [6.07, 6.45) is -1.04. The SMILES string of the molecule is COc1ccccc1NC(=S)N[C@@H](NC(=O)N1CCOCC1)C(Cl)(Cl)Cl. The number of hydrogen-bond acceptors (Lipinski definition) is 4. The number of amides is 2. The van der Waals surface area contributed by atoms with Crippen molar-refractivity contribution >= 4 is 63.9 Å². The standard InChI is InChI=1S/C15H19Cl3N4O3S/c1-24-11-5-3-2-4-10(11)19-13(26)20-12(15(16,17)18)21-14(23)22-6-8-25-9-7-22/h2-5,12H,6-9H2,1H3,(H,21,23)(H2,19,20,26)/t12-/m0/s1. The third-order valence-electron chi connectivity index (χ3n) is 3.52. The molecule has 0 unspecified atom stereocenters. The minimum atomic E-state index is -1.82. The van der Waals surface area contributed by atoms with Gasteiger partial charge in [-0.05, 0) is 24.4 Å². The zero-order valence-corrected chi connectivity index (χ0v) is 17.0. The minimum Gasteiger partial charge on any atom is -0.495 e. The molecule has 1 fully saturated rings. The summed E-state index contributed by atoms with van der Waals surface area (Å²) in [5.74, 6) is 0.597. The van der Waals surface area contributed by atoms with Crippen LogP contribution in [0.15, 0.2) is 24.3 Å². The highest BCUT2D eigenvalue weighted by atomic mass is 35.6. The summed E-state index contributed by atoms with van der Waals surface area (Å²) < 4.78 is 8.64. The minimum absolute atomic E-state index is 0.160. The molecule has 1 heterocycles. The lowest BCUT2D eigenvalue weighted by Crippen LogP contribution is -2.59. The highest BCUT2D eigenvalue weighted by Gasteiger charge is 2.36. The van der Waals surface area contributed by atoms with Gasteiger partial charge in [0, 0.05) is 13.1 Å². The van der Waals surface area contributed by atoms with Gasteiger partial charge in [-0.25, -0.2) is 4.79 Å². The number of rotatable bonds is 4. The summed E-state index contributed by atoms with van der Waals surface area (Å²) in [4.78, 5) is 13.9. The Balaban J connectivity index is 2.00. The molecule has 0 bridgehead atoms. The molecule has 1 aromatic carbocycles. The normalized spacial score (nSPS) is 15.8. The molecular formula is C15H19Cl3N4O3S. The van der Waals surface area contributed by atoms with Gasteiger partial charge in [0.1, 0.15) is 5.75 Å². The van der Waals surface area contributed by atoms with E-state index in [1.165, 1.54) is 0 Å². The molecule has 1 atom stereocenters. The summed E-state index contributed by atoms with van der Waals surface area (Å²) in [5.41, 5.74) is 0.634. The first-order valence-electron chi connectivity index (χ1n) is 7.71. The molecule has 1 aliphatic heterocycles. The van der Waals surface area contributed by atoms with E-state index in [0.29, 0.717) is 37.7 Å². The Hall–Kier alpha value is -1.19. The van der Waals surface area contributed by atoms with Crippen LogP contribution in [-0.2, 0) is 4.74 Å². The van der Waals surface area contributed by atoms with Crippen molar-refractivity contribution in [3.05, 3.63) is 24.3 Å². The maximum Gasteiger partial charge on any atom is 0.319 e. The zero-order valence-electron chi connectivity index (χ0n) is 13.9. The third-order valence-corrected chi connectivity index (χ3v) is 4.40. The summed E-state index contributed by atoms with van der Waals surface area (Å²) >= 11 is 23.2. The maximum atomic E-state index is 12.4. The van der Waals surface area contributed by atoms with Crippen molar-refractivity contribution in [2.75, 3.05) is 38.7 Å². The van der Waals surface area contributed by atoms with Gasteiger partial charge in [-0.3, -0.25) is 0 Å². The number of carbonyl (C=O) groups is 1. The van der Waals surface area contributed by atoms with Crippen LogP contribution in [-0.4, -0.2) is 59.4 Å². The molecule has 1 saturated heterocycles. The molecule has 0 aromatic heterocycles. The van der Waals surface area contributed by atoms with Crippen molar-refractivity contribution < 1.29 is 14.3 Å². The molecule has 2 rings (SSSR count). The quantitative estimate of drug-likeness (QED) is 0.379. The molecule has 26 heavy (non-hydrogen) atoms. The van der Waals surface area contributed by atoms with Crippen LogP contribution in [0.3, 0.4) is 0 Å². The van der Waals surface area contributed by atoms with Crippen LogP contribution in [0.5, 0.6) is 5.75 Å². The lowest BCUT2D eigenvalue weighted by atomic mass is 10.3. The summed E-state index contributed by atoms with van der Waals surface area (Å²) in [7, 11) is 1.55. The van der Waals surface area contributed by atoms with Gasteiger partial charge in [-0.2, -0.15) is 0 Å². The molecule has 7 nitrogen and oxygen atoms in total. The number of carbonyl (C=O) groups excluding carboxylic acids is 1. The van der Waals surface area contributed by atoms with Gasteiger partial charge in [0.05, 0.1) is 26.0 Å². The smallest absolute Gasteiger partial charge is 0.319 e. The largest absolute Gasteiger partial charge is 0.495 e. The van der Waals surface area contributed by atoms with E-state index >= 15 is 0 Å². The molecule has 0 radical (unpaired) electrons. The number of benzene rings is 1. The number of anilines is 1. The molecule has 3 N–H and O–H groups in total. The van der Waals surface area contributed by atoms with Gasteiger partial charge < -0.3 is 30.3 Å². The van der Waals surface area contributed by atoms with Crippen molar-refractivity contribution in [1.29, 1.82) is 0 Å². The Labute approximate surface area is 172 Å². The summed E-state index contributed by atoms with van der Waals surface area (Å²) in [6, 6.07) is 6.83. The van der Waals surface area contributed by atoms with E-state index in [-0.39, 0.29) is 11.1 Å². The zero-order chi connectivity index (χ0) is 19.2. The molecule has 0 aliphatic carbocycles. The Bertz CT molecular complexity index is 639. The van der Waals surface area contributed by atoms with E-state index < -0.39 is 9.96 Å². The van der Waals surface area contributed by atoms with Gasteiger partial charge in [-0.15, -0.1) is 0 Å². The highest BCUT2D eigenvalue weighted by Crippen LogP contribution is 2.29. The van der Waals surface area contributed by atoms with E-state index in [9.17, 15) is 4.79 Å². The number of hydrogen-bond donors (Lipinski definition) is 3. The fraction of sp³-hybridized carbons (Fsp3) is 0.467. The predicted octanol–water partition coefficient (Wildman–Crippen LogP) is 2.72. The van der Waals surface area contributed by atoms with Crippen molar-refractivity contribution in [3.63, 3.8) is 0 Å². The van der Waals surface area contributed by atoms with Gasteiger partial charge >= 0.3 is 6.03 Å². The fourth-order valence-corrected chi connectivity index (χ4v) is 2.77. The topological polar surface area (TPSA) is 74.9 Å². The molecule has 11 heteroatoms. The first-order chi connectivity index (χ1) is 12.3. The number of nitrogens with one attached hydrogen (secondary N) is 3. The van der Waals surface area contributed by atoms with E-state index in [0.717, 1.165) is 0 Å². The molecule has 0 saturated carbocycles. The number of para-hydroxylation sites is 2. The van der Waals surface area contributed by atoms with E-state index in [2.05, 4.69) is 16.0 Å².